The second kappa shape index (κ2) is 4.84. The molecule has 0 aliphatic heterocycles. The molecule has 1 aromatic rings. The molecular weight excluding hydrogens is 186 g/mol. The number of furan rings is 1. The van der Waals surface area contributed by atoms with Crippen molar-refractivity contribution in [2.75, 3.05) is 6.54 Å². The first-order valence-corrected chi connectivity index (χ1v) is 6.08. The molecule has 0 unspecified atom stereocenters. The van der Waals surface area contributed by atoms with Crippen molar-refractivity contribution in [3.05, 3.63) is 24.2 Å². The normalized spacial score (nSPS) is 18.7. The highest BCUT2D eigenvalue weighted by Crippen LogP contribution is 2.44. The molecule has 1 fully saturated rings. The van der Waals surface area contributed by atoms with Gasteiger partial charge in [-0.3, -0.25) is 0 Å². The molecule has 0 saturated heterocycles. The van der Waals surface area contributed by atoms with Crippen molar-refractivity contribution < 1.29 is 4.42 Å². The molecule has 1 saturated carbocycles. The molecule has 1 heterocycles. The molecule has 1 aliphatic rings. The molecule has 0 spiro atoms. The SMILES string of the molecule is CCCC1(CNCc2ccco2)CCC1. The van der Waals surface area contributed by atoms with Crippen molar-refractivity contribution in [1.29, 1.82) is 0 Å². The van der Waals surface area contributed by atoms with Gasteiger partial charge in [-0.15, -0.1) is 0 Å². The van der Waals surface area contributed by atoms with E-state index < -0.39 is 0 Å². The Labute approximate surface area is 92.1 Å². The Balaban J connectivity index is 1.72. The predicted molar refractivity (Wildman–Crippen MR) is 61.6 cm³/mol. The summed E-state index contributed by atoms with van der Waals surface area (Å²) >= 11 is 0. The van der Waals surface area contributed by atoms with E-state index in [1.807, 2.05) is 12.1 Å². The van der Waals surface area contributed by atoms with Crippen LogP contribution in [-0.4, -0.2) is 6.54 Å². The Morgan fingerprint density at radius 2 is 2.33 bits per heavy atom. The zero-order chi connectivity index (χ0) is 10.6. The quantitative estimate of drug-likeness (QED) is 0.774. The van der Waals surface area contributed by atoms with Crippen molar-refractivity contribution >= 4 is 0 Å². The summed E-state index contributed by atoms with van der Waals surface area (Å²) in [6.45, 7) is 4.31. The van der Waals surface area contributed by atoms with E-state index in [1.165, 1.54) is 32.1 Å². The lowest BCUT2D eigenvalue weighted by Gasteiger charge is -2.42. The molecule has 1 N–H and O–H groups in total. The van der Waals surface area contributed by atoms with E-state index in [4.69, 9.17) is 4.42 Å². The number of rotatable bonds is 6. The first-order valence-electron chi connectivity index (χ1n) is 6.08. The third-order valence-electron chi connectivity index (χ3n) is 3.57. The maximum absolute atomic E-state index is 5.30. The molecule has 84 valence electrons. The minimum Gasteiger partial charge on any atom is -0.468 e. The molecule has 1 aromatic heterocycles. The van der Waals surface area contributed by atoms with Gasteiger partial charge >= 0.3 is 0 Å². The van der Waals surface area contributed by atoms with Crippen LogP contribution < -0.4 is 5.32 Å². The Hall–Kier alpha value is -0.760. The van der Waals surface area contributed by atoms with E-state index in [-0.39, 0.29) is 0 Å². The van der Waals surface area contributed by atoms with Gasteiger partial charge in [0.2, 0.25) is 0 Å². The first kappa shape index (κ1) is 10.7. The third-order valence-corrected chi connectivity index (χ3v) is 3.57. The lowest BCUT2D eigenvalue weighted by atomic mass is 9.66. The largest absolute Gasteiger partial charge is 0.468 e. The van der Waals surface area contributed by atoms with Crippen LogP contribution in [0.5, 0.6) is 0 Å². The van der Waals surface area contributed by atoms with Crippen LogP contribution in [-0.2, 0) is 6.54 Å². The highest BCUT2D eigenvalue weighted by atomic mass is 16.3. The van der Waals surface area contributed by atoms with Crippen LogP contribution in [0.3, 0.4) is 0 Å². The Morgan fingerprint density at radius 1 is 1.47 bits per heavy atom. The van der Waals surface area contributed by atoms with Gasteiger partial charge in [0, 0.05) is 6.54 Å². The Bertz CT molecular complexity index is 275. The third kappa shape index (κ3) is 2.63. The van der Waals surface area contributed by atoms with E-state index in [0.29, 0.717) is 5.41 Å². The van der Waals surface area contributed by atoms with E-state index in [1.54, 1.807) is 6.26 Å². The van der Waals surface area contributed by atoms with Crippen LogP contribution in [0.25, 0.3) is 0 Å². The van der Waals surface area contributed by atoms with Gasteiger partial charge in [-0.1, -0.05) is 19.8 Å². The number of hydrogen-bond donors (Lipinski definition) is 1. The zero-order valence-electron chi connectivity index (χ0n) is 9.59. The topological polar surface area (TPSA) is 25.2 Å². The van der Waals surface area contributed by atoms with Crippen LogP contribution in [0.2, 0.25) is 0 Å². The zero-order valence-corrected chi connectivity index (χ0v) is 9.59. The molecule has 0 radical (unpaired) electrons. The fourth-order valence-corrected chi connectivity index (χ4v) is 2.59. The maximum atomic E-state index is 5.30. The van der Waals surface area contributed by atoms with E-state index >= 15 is 0 Å². The van der Waals surface area contributed by atoms with Crippen LogP contribution in [0.15, 0.2) is 22.8 Å². The summed E-state index contributed by atoms with van der Waals surface area (Å²) in [5, 5.41) is 3.52. The van der Waals surface area contributed by atoms with Gasteiger partial charge in [-0.2, -0.15) is 0 Å². The molecule has 2 nitrogen and oxygen atoms in total. The smallest absolute Gasteiger partial charge is 0.117 e. The summed E-state index contributed by atoms with van der Waals surface area (Å²) in [6.07, 6.45) is 8.66. The highest BCUT2D eigenvalue weighted by molar-refractivity contribution is 4.98. The van der Waals surface area contributed by atoms with E-state index in [0.717, 1.165) is 18.8 Å². The van der Waals surface area contributed by atoms with Crippen molar-refractivity contribution in [2.24, 2.45) is 5.41 Å². The average Bonchev–Trinajstić information content (AvgIpc) is 2.67. The predicted octanol–water partition coefficient (Wildman–Crippen LogP) is 3.34. The van der Waals surface area contributed by atoms with Crippen LogP contribution in [0.4, 0.5) is 0 Å². The maximum Gasteiger partial charge on any atom is 0.117 e. The molecule has 0 amide bonds. The van der Waals surface area contributed by atoms with Gasteiger partial charge in [0.1, 0.15) is 5.76 Å². The molecular formula is C13H21NO. The van der Waals surface area contributed by atoms with Crippen molar-refractivity contribution in [1.82, 2.24) is 5.32 Å². The van der Waals surface area contributed by atoms with Crippen molar-refractivity contribution in [3.63, 3.8) is 0 Å². The lowest BCUT2D eigenvalue weighted by molar-refractivity contribution is 0.114. The van der Waals surface area contributed by atoms with Gasteiger partial charge in [0.15, 0.2) is 0 Å². The molecule has 2 rings (SSSR count). The van der Waals surface area contributed by atoms with Gasteiger partial charge in [-0.25, -0.2) is 0 Å². The highest BCUT2D eigenvalue weighted by Gasteiger charge is 2.35. The average molecular weight is 207 g/mol. The monoisotopic (exact) mass is 207 g/mol. The number of nitrogens with one attached hydrogen (secondary N) is 1. The van der Waals surface area contributed by atoms with Gasteiger partial charge in [0.05, 0.1) is 12.8 Å². The minimum atomic E-state index is 0.612. The minimum absolute atomic E-state index is 0.612. The second-order valence-corrected chi connectivity index (χ2v) is 4.79. The summed E-state index contributed by atoms with van der Waals surface area (Å²) < 4.78 is 5.30. The van der Waals surface area contributed by atoms with Crippen LogP contribution >= 0.6 is 0 Å². The van der Waals surface area contributed by atoms with E-state index in [2.05, 4.69) is 12.2 Å². The fraction of sp³-hybridized carbons (Fsp3) is 0.692. The summed E-state index contributed by atoms with van der Waals surface area (Å²) in [5.74, 6) is 1.04. The van der Waals surface area contributed by atoms with Gasteiger partial charge in [-0.05, 0) is 36.8 Å². The van der Waals surface area contributed by atoms with Crippen LogP contribution in [0, 0.1) is 5.41 Å². The molecule has 0 bridgehead atoms. The Morgan fingerprint density at radius 3 is 2.87 bits per heavy atom. The van der Waals surface area contributed by atoms with Gasteiger partial charge in [0.25, 0.3) is 0 Å². The summed E-state index contributed by atoms with van der Waals surface area (Å²) in [5.41, 5.74) is 0.612. The number of hydrogen-bond acceptors (Lipinski definition) is 2. The van der Waals surface area contributed by atoms with Crippen LogP contribution in [0.1, 0.15) is 44.8 Å². The summed E-state index contributed by atoms with van der Waals surface area (Å²) in [7, 11) is 0. The van der Waals surface area contributed by atoms with Crippen molar-refractivity contribution in [3.8, 4) is 0 Å². The van der Waals surface area contributed by atoms with Crippen molar-refractivity contribution in [2.45, 2.75) is 45.6 Å². The molecule has 0 atom stereocenters. The molecule has 1 aliphatic carbocycles. The second-order valence-electron chi connectivity index (χ2n) is 4.79. The standard InChI is InChI=1S/C13H21NO/c1-2-6-13(7-4-8-13)11-14-10-12-5-3-9-15-12/h3,5,9,14H,2,4,6-8,10-11H2,1H3. The fourth-order valence-electron chi connectivity index (χ4n) is 2.59. The first-order chi connectivity index (χ1) is 7.35. The summed E-state index contributed by atoms with van der Waals surface area (Å²) in [4.78, 5) is 0. The lowest BCUT2D eigenvalue weighted by Crippen LogP contribution is -2.39. The molecule has 2 heteroatoms. The molecule has 0 aromatic carbocycles. The van der Waals surface area contributed by atoms with E-state index in [9.17, 15) is 0 Å². The Kier molecular flexibility index (Phi) is 3.47. The summed E-state index contributed by atoms with van der Waals surface area (Å²) in [6, 6.07) is 3.97. The van der Waals surface area contributed by atoms with Gasteiger partial charge < -0.3 is 9.73 Å². The molecule has 15 heavy (non-hydrogen) atoms.